The second-order valence-corrected chi connectivity index (χ2v) is 7.14. The van der Waals surface area contributed by atoms with Gasteiger partial charge >= 0.3 is 0 Å². The monoisotopic (exact) mass is 330 g/mol. The molecule has 0 amide bonds. The predicted molar refractivity (Wildman–Crippen MR) is 83.9 cm³/mol. The molecule has 0 atom stereocenters. The molecule has 3 N–H and O–H groups in total. The second kappa shape index (κ2) is 6.64. The largest absolute Gasteiger partial charge is 0.370 e. The molecule has 0 unspecified atom stereocenters. The Morgan fingerprint density at radius 2 is 2.24 bits per heavy atom. The lowest BCUT2D eigenvalue weighted by molar-refractivity contribution is 0.487. The van der Waals surface area contributed by atoms with Crippen LogP contribution in [0.5, 0.6) is 0 Å². The maximum atomic E-state index is 12.0. The smallest absolute Gasteiger partial charge is 0.240 e. The van der Waals surface area contributed by atoms with Crippen LogP contribution in [0.4, 0.5) is 0 Å². The maximum Gasteiger partial charge on any atom is 0.240 e. The molecule has 0 saturated heterocycles. The van der Waals surface area contributed by atoms with E-state index in [9.17, 15) is 8.42 Å². The van der Waals surface area contributed by atoms with Gasteiger partial charge in [-0.15, -0.1) is 0 Å². The molecule has 0 aliphatic heterocycles. The van der Waals surface area contributed by atoms with Crippen molar-refractivity contribution in [2.75, 3.05) is 20.1 Å². The van der Waals surface area contributed by atoms with Crippen molar-refractivity contribution in [3.8, 4) is 0 Å². The zero-order chi connectivity index (χ0) is 15.5. The summed E-state index contributed by atoms with van der Waals surface area (Å²) in [6.07, 6.45) is 2.27. The van der Waals surface area contributed by atoms with Crippen LogP contribution in [0.2, 0.25) is 5.02 Å². The van der Waals surface area contributed by atoms with Gasteiger partial charge in [-0.2, -0.15) is 0 Å². The van der Waals surface area contributed by atoms with Crippen molar-refractivity contribution in [2.45, 2.75) is 23.8 Å². The van der Waals surface area contributed by atoms with E-state index in [1.54, 1.807) is 12.1 Å². The van der Waals surface area contributed by atoms with Crippen LogP contribution in [0.3, 0.4) is 0 Å². The third-order valence-corrected chi connectivity index (χ3v) is 4.93. The van der Waals surface area contributed by atoms with Crippen LogP contribution >= 0.6 is 11.6 Å². The Bertz CT molecular complexity index is 629. The van der Waals surface area contributed by atoms with E-state index in [0.717, 1.165) is 12.8 Å². The molecule has 1 aromatic rings. The first-order valence-electron chi connectivity index (χ1n) is 6.68. The summed E-state index contributed by atoms with van der Waals surface area (Å²) >= 11 is 5.79. The summed E-state index contributed by atoms with van der Waals surface area (Å²) in [6, 6.07) is 6.60. The standard InChI is InChI=1S/C13H19ClN4O2S/c1-18(11-5-6-11)13(15)16-7-8-17-21(19,20)12-4-2-3-10(14)9-12/h2-4,9,11,17H,5-8H2,1H3,(H2,15,16). The number of nitrogens with one attached hydrogen (secondary N) is 1. The van der Waals surface area contributed by atoms with Crippen LogP contribution in [-0.2, 0) is 10.0 Å². The van der Waals surface area contributed by atoms with Crippen LogP contribution in [0.1, 0.15) is 12.8 Å². The minimum absolute atomic E-state index is 0.141. The first kappa shape index (κ1) is 16.1. The van der Waals surface area contributed by atoms with Crippen LogP contribution in [0, 0.1) is 0 Å². The SMILES string of the molecule is CN(C(N)=NCCNS(=O)(=O)c1cccc(Cl)c1)C1CC1. The summed E-state index contributed by atoms with van der Waals surface area (Å²) in [6.45, 7) is 0.483. The van der Waals surface area contributed by atoms with Crippen molar-refractivity contribution < 1.29 is 8.42 Å². The Kier molecular flexibility index (Phi) is 5.08. The highest BCUT2D eigenvalue weighted by atomic mass is 35.5. The Hall–Kier alpha value is -1.31. The maximum absolute atomic E-state index is 12.0. The predicted octanol–water partition coefficient (Wildman–Crippen LogP) is 1.03. The highest BCUT2D eigenvalue weighted by Crippen LogP contribution is 2.24. The van der Waals surface area contributed by atoms with Gasteiger partial charge in [0.25, 0.3) is 0 Å². The minimum Gasteiger partial charge on any atom is -0.370 e. The summed E-state index contributed by atoms with van der Waals surface area (Å²) < 4.78 is 26.5. The lowest BCUT2D eigenvalue weighted by atomic mass is 10.4. The number of nitrogens with zero attached hydrogens (tertiary/aromatic N) is 2. The molecular formula is C13H19ClN4O2S. The minimum atomic E-state index is -3.56. The molecular weight excluding hydrogens is 312 g/mol. The highest BCUT2D eigenvalue weighted by Gasteiger charge is 2.27. The molecule has 0 spiro atoms. The number of rotatable bonds is 6. The first-order valence-corrected chi connectivity index (χ1v) is 8.54. The summed E-state index contributed by atoms with van der Waals surface area (Å²) in [5.74, 6) is 0.444. The molecule has 0 bridgehead atoms. The van der Waals surface area contributed by atoms with Crippen molar-refractivity contribution in [1.29, 1.82) is 0 Å². The van der Waals surface area contributed by atoms with Crippen molar-refractivity contribution in [3.63, 3.8) is 0 Å². The van der Waals surface area contributed by atoms with Crippen LogP contribution in [0.15, 0.2) is 34.2 Å². The number of halogens is 1. The van der Waals surface area contributed by atoms with E-state index in [4.69, 9.17) is 17.3 Å². The van der Waals surface area contributed by atoms with Gasteiger partial charge in [0.05, 0.1) is 11.4 Å². The molecule has 0 heterocycles. The third kappa shape index (κ3) is 4.59. The van der Waals surface area contributed by atoms with Crippen LogP contribution in [0.25, 0.3) is 0 Å². The van der Waals surface area contributed by atoms with Crippen molar-refractivity contribution in [2.24, 2.45) is 10.7 Å². The van der Waals surface area contributed by atoms with E-state index in [2.05, 4.69) is 9.71 Å². The van der Waals surface area contributed by atoms with Gasteiger partial charge in [-0.25, -0.2) is 13.1 Å². The average Bonchev–Trinajstić information content (AvgIpc) is 3.27. The van der Waals surface area contributed by atoms with Gasteiger partial charge in [0.2, 0.25) is 10.0 Å². The fraction of sp³-hybridized carbons (Fsp3) is 0.462. The molecule has 1 saturated carbocycles. The van der Waals surface area contributed by atoms with Gasteiger partial charge in [-0.3, -0.25) is 4.99 Å². The lowest BCUT2D eigenvalue weighted by Gasteiger charge is -2.16. The molecule has 1 aliphatic carbocycles. The quantitative estimate of drug-likeness (QED) is 0.463. The Morgan fingerprint density at radius 1 is 1.52 bits per heavy atom. The zero-order valence-corrected chi connectivity index (χ0v) is 13.4. The third-order valence-electron chi connectivity index (χ3n) is 3.24. The second-order valence-electron chi connectivity index (χ2n) is 4.94. The van der Waals surface area contributed by atoms with Crippen LogP contribution < -0.4 is 10.5 Å². The molecule has 21 heavy (non-hydrogen) atoms. The molecule has 0 radical (unpaired) electrons. The van der Waals surface area contributed by atoms with E-state index in [1.165, 1.54) is 12.1 Å². The molecule has 1 aromatic carbocycles. The molecule has 8 heteroatoms. The van der Waals surface area contributed by atoms with Gasteiger partial charge in [-0.1, -0.05) is 17.7 Å². The highest BCUT2D eigenvalue weighted by molar-refractivity contribution is 7.89. The average molecular weight is 331 g/mol. The fourth-order valence-electron chi connectivity index (χ4n) is 1.83. The Balaban J connectivity index is 1.86. The number of aliphatic imine (C=N–C) groups is 1. The van der Waals surface area contributed by atoms with Crippen molar-refractivity contribution in [3.05, 3.63) is 29.3 Å². The van der Waals surface area contributed by atoms with Gasteiger partial charge < -0.3 is 10.6 Å². The van der Waals surface area contributed by atoms with E-state index in [-0.39, 0.29) is 11.4 Å². The summed E-state index contributed by atoms with van der Waals surface area (Å²) in [5.41, 5.74) is 5.82. The number of guanidine groups is 1. The number of hydrogen-bond donors (Lipinski definition) is 2. The van der Waals surface area contributed by atoms with E-state index < -0.39 is 10.0 Å². The fourth-order valence-corrected chi connectivity index (χ4v) is 3.15. The molecule has 0 aromatic heterocycles. The molecule has 116 valence electrons. The zero-order valence-electron chi connectivity index (χ0n) is 11.8. The van der Waals surface area contributed by atoms with Crippen molar-refractivity contribution in [1.82, 2.24) is 9.62 Å². The number of nitrogens with two attached hydrogens (primary N) is 1. The van der Waals surface area contributed by atoms with E-state index in [1.807, 2.05) is 11.9 Å². The van der Waals surface area contributed by atoms with Crippen molar-refractivity contribution >= 4 is 27.6 Å². The lowest BCUT2D eigenvalue weighted by Crippen LogP contribution is -2.36. The molecule has 1 aliphatic rings. The van der Waals surface area contributed by atoms with Gasteiger partial charge in [0, 0.05) is 24.7 Å². The Morgan fingerprint density at radius 3 is 2.86 bits per heavy atom. The van der Waals surface area contributed by atoms with E-state index in [0.29, 0.717) is 23.6 Å². The molecule has 2 rings (SSSR count). The summed E-state index contributed by atoms with van der Waals surface area (Å²) in [5, 5.41) is 0.381. The first-order chi connectivity index (χ1) is 9.90. The number of benzene rings is 1. The summed E-state index contributed by atoms with van der Waals surface area (Å²) in [7, 11) is -1.67. The normalized spacial score (nSPS) is 16.0. The van der Waals surface area contributed by atoms with Gasteiger partial charge in [0.1, 0.15) is 0 Å². The topological polar surface area (TPSA) is 87.8 Å². The van der Waals surface area contributed by atoms with Gasteiger partial charge in [0.15, 0.2) is 5.96 Å². The van der Waals surface area contributed by atoms with Gasteiger partial charge in [-0.05, 0) is 31.0 Å². The Labute approximate surface area is 130 Å². The van der Waals surface area contributed by atoms with E-state index >= 15 is 0 Å². The number of sulfonamides is 1. The van der Waals surface area contributed by atoms with Crippen LogP contribution in [-0.4, -0.2) is 45.5 Å². The summed E-state index contributed by atoms with van der Waals surface area (Å²) in [4.78, 5) is 6.23. The molecule has 6 nitrogen and oxygen atoms in total. The molecule has 1 fully saturated rings. The number of hydrogen-bond acceptors (Lipinski definition) is 3.